The summed E-state index contributed by atoms with van der Waals surface area (Å²) < 4.78 is 0. The van der Waals surface area contributed by atoms with Gasteiger partial charge in [0.25, 0.3) is 5.91 Å². The Hall–Kier alpha value is -3.36. The smallest absolute Gasteiger partial charge is 0.335 e. The Balaban J connectivity index is 0.000000295. The van der Waals surface area contributed by atoms with Gasteiger partial charge in [0, 0.05) is 25.2 Å². The first-order valence-corrected chi connectivity index (χ1v) is 8.16. The average molecular weight is 387 g/mol. The van der Waals surface area contributed by atoms with Crippen LogP contribution in [-0.2, 0) is 9.59 Å². The quantitative estimate of drug-likeness (QED) is 0.489. The van der Waals surface area contributed by atoms with Crippen molar-refractivity contribution < 1.29 is 34.5 Å². The first-order chi connectivity index (χ1) is 13.2. The van der Waals surface area contributed by atoms with Crippen LogP contribution in [0.4, 0.5) is 0 Å². The molecule has 1 amide bonds. The van der Waals surface area contributed by atoms with Crippen molar-refractivity contribution in [1.29, 1.82) is 0 Å². The van der Waals surface area contributed by atoms with Crippen molar-refractivity contribution in [2.75, 3.05) is 14.1 Å². The predicted octanol–water partition coefficient (Wildman–Crippen LogP) is 0.633. The fourth-order valence-electron chi connectivity index (χ4n) is 1.98. The summed E-state index contributed by atoms with van der Waals surface area (Å²) in [5.74, 6) is -3.40. The van der Waals surface area contributed by atoms with Gasteiger partial charge in [-0.2, -0.15) is 0 Å². The second-order valence-corrected chi connectivity index (χ2v) is 5.85. The van der Waals surface area contributed by atoms with Crippen LogP contribution in [0.15, 0.2) is 60.7 Å². The molecule has 2 aromatic rings. The summed E-state index contributed by atoms with van der Waals surface area (Å²) in [6, 6.07) is 17.2. The van der Waals surface area contributed by atoms with Crippen molar-refractivity contribution in [2.24, 2.45) is 0 Å². The second kappa shape index (κ2) is 10.7. The minimum atomic E-state index is -2.07. The maximum absolute atomic E-state index is 11.8. The Morgan fingerprint density at radius 1 is 0.714 bits per heavy atom. The number of ketones is 2. The zero-order valence-electron chi connectivity index (χ0n) is 15.4. The molecule has 2 atom stereocenters. The van der Waals surface area contributed by atoms with Crippen LogP contribution in [0.1, 0.15) is 20.7 Å². The van der Waals surface area contributed by atoms with E-state index in [0.29, 0.717) is 11.1 Å². The third-order valence-corrected chi connectivity index (χ3v) is 3.52. The number of carboxylic acid groups (broad SMARTS) is 1. The lowest BCUT2D eigenvalue weighted by Gasteiger charge is -2.17. The number of carboxylic acids is 1. The van der Waals surface area contributed by atoms with Crippen molar-refractivity contribution >= 4 is 23.4 Å². The SMILES string of the molecule is CN(C)C(=O)C(O)C(O)C(=O)O.O=C(C(=O)c1ccccc1)c1ccccc1. The van der Waals surface area contributed by atoms with Gasteiger partial charge in [-0.15, -0.1) is 0 Å². The summed E-state index contributed by atoms with van der Waals surface area (Å²) in [5.41, 5.74) is 0.854. The maximum Gasteiger partial charge on any atom is 0.335 e. The van der Waals surface area contributed by atoms with E-state index in [1.54, 1.807) is 48.5 Å². The molecule has 0 aromatic heterocycles. The molecule has 2 aromatic carbocycles. The number of benzene rings is 2. The fraction of sp³-hybridized carbons (Fsp3) is 0.200. The number of carbonyl (C=O) groups excluding carboxylic acids is 3. The number of nitrogens with zero attached hydrogens (tertiary/aromatic N) is 1. The molecule has 28 heavy (non-hydrogen) atoms. The molecule has 0 saturated carbocycles. The number of aliphatic hydroxyl groups excluding tert-OH is 2. The van der Waals surface area contributed by atoms with Crippen LogP contribution < -0.4 is 0 Å². The number of carbonyl (C=O) groups is 4. The van der Waals surface area contributed by atoms with E-state index < -0.39 is 35.7 Å². The van der Waals surface area contributed by atoms with E-state index in [1.165, 1.54) is 14.1 Å². The van der Waals surface area contributed by atoms with Crippen LogP contribution in [0.5, 0.6) is 0 Å². The van der Waals surface area contributed by atoms with Gasteiger partial charge in [0.05, 0.1) is 0 Å². The van der Waals surface area contributed by atoms with E-state index >= 15 is 0 Å². The van der Waals surface area contributed by atoms with E-state index in [9.17, 15) is 19.2 Å². The van der Waals surface area contributed by atoms with E-state index in [4.69, 9.17) is 15.3 Å². The number of hydrogen-bond donors (Lipinski definition) is 3. The molecule has 0 radical (unpaired) electrons. The highest BCUT2D eigenvalue weighted by atomic mass is 16.4. The lowest BCUT2D eigenvalue weighted by Crippen LogP contribution is -2.45. The van der Waals surface area contributed by atoms with Gasteiger partial charge in [-0.05, 0) is 0 Å². The van der Waals surface area contributed by atoms with Gasteiger partial charge in [-0.3, -0.25) is 14.4 Å². The number of hydrogen-bond acceptors (Lipinski definition) is 6. The van der Waals surface area contributed by atoms with Crippen molar-refractivity contribution in [3.8, 4) is 0 Å². The zero-order valence-corrected chi connectivity index (χ0v) is 15.4. The highest BCUT2D eigenvalue weighted by Crippen LogP contribution is 2.07. The maximum atomic E-state index is 11.8. The molecule has 8 heteroatoms. The number of aliphatic carboxylic acids is 1. The monoisotopic (exact) mass is 387 g/mol. The molecule has 3 N–H and O–H groups in total. The van der Waals surface area contributed by atoms with Gasteiger partial charge < -0.3 is 20.2 Å². The van der Waals surface area contributed by atoms with Crippen molar-refractivity contribution in [2.45, 2.75) is 12.2 Å². The minimum Gasteiger partial charge on any atom is -0.479 e. The zero-order chi connectivity index (χ0) is 21.3. The van der Waals surface area contributed by atoms with Crippen LogP contribution in [0.25, 0.3) is 0 Å². The van der Waals surface area contributed by atoms with Gasteiger partial charge in [0.1, 0.15) is 0 Å². The topological polar surface area (TPSA) is 132 Å². The van der Waals surface area contributed by atoms with Crippen molar-refractivity contribution in [1.82, 2.24) is 4.90 Å². The van der Waals surface area contributed by atoms with Crippen LogP contribution in [0.2, 0.25) is 0 Å². The van der Waals surface area contributed by atoms with Crippen LogP contribution >= 0.6 is 0 Å². The highest BCUT2D eigenvalue weighted by molar-refractivity contribution is 6.49. The molecule has 2 unspecified atom stereocenters. The molecule has 0 bridgehead atoms. The van der Waals surface area contributed by atoms with Crippen LogP contribution in [0, 0.1) is 0 Å². The summed E-state index contributed by atoms with van der Waals surface area (Å²) in [4.78, 5) is 45.5. The van der Waals surface area contributed by atoms with Crippen LogP contribution in [0.3, 0.4) is 0 Å². The van der Waals surface area contributed by atoms with Gasteiger partial charge in [0.15, 0.2) is 12.2 Å². The standard InChI is InChI=1S/C14H10O2.C6H11NO5/c15-13(11-7-3-1-4-8-11)14(16)12-9-5-2-6-10-12;1-7(2)5(10)3(8)4(9)6(11)12/h1-10H;3-4,8-9H,1-2H3,(H,11,12). The van der Waals surface area contributed by atoms with Gasteiger partial charge in [-0.1, -0.05) is 60.7 Å². The second-order valence-electron chi connectivity index (χ2n) is 5.85. The molecule has 0 fully saturated rings. The average Bonchev–Trinajstić information content (AvgIpc) is 2.72. The lowest BCUT2D eigenvalue weighted by atomic mass is 10.0. The van der Waals surface area contributed by atoms with Crippen molar-refractivity contribution in [3.63, 3.8) is 0 Å². The first kappa shape index (κ1) is 22.7. The molecule has 0 heterocycles. The first-order valence-electron chi connectivity index (χ1n) is 8.16. The van der Waals surface area contributed by atoms with E-state index in [1.807, 2.05) is 12.1 Å². The van der Waals surface area contributed by atoms with Gasteiger partial charge >= 0.3 is 5.97 Å². The normalized spacial score (nSPS) is 12.0. The molecule has 2 rings (SSSR count). The Kier molecular flexibility index (Phi) is 8.67. The Bertz CT molecular complexity index is 769. The molecular weight excluding hydrogens is 366 g/mol. The summed E-state index contributed by atoms with van der Waals surface area (Å²) in [6.45, 7) is 0. The van der Waals surface area contributed by atoms with Crippen molar-refractivity contribution in [3.05, 3.63) is 71.8 Å². The molecular formula is C20H21NO7. The molecule has 0 aliphatic carbocycles. The molecule has 0 spiro atoms. The molecule has 0 saturated heterocycles. The molecule has 8 nitrogen and oxygen atoms in total. The fourth-order valence-corrected chi connectivity index (χ4v) is 1.98. The van der Waals surface area contributed by atoms with Crippen LogP contribution in [-0.4, -0.2) is 70.0 Å². The predicted molar refractivity (Wildman–Crippen MR) is 99.9 cm³/mol. The Morgan fingerprint density at radius 3 is 1.36 bits per heavy atom. The highest BCUT2D eigenvalue weighted by Gasteiger charge is 2.30. The Labute approximate surface area is 161 Å². The number of Topliss-reactive ketones (excluding diaryl/α,β-unsaturated/α-hetero) is 2. The number of rotatable bonds is 6. The van der Waals surface area contributed by atoms with Gasteiger partial charge in [-0.25, -0.2) is 4.79 Å². The summed E-state index contributed by atoms with van der Waals surface area (Å²) in [6.07, 6.45) is -3.97. The number of aliphatic hydroxyl groups is 2. The minimum absolute atomic E-state index is 0.427. The van der Waals surface area contributed by atoms with Gasteiger partial charge in [0.2, 0.25) is 11.6 Å². The lowest BCUT2D eigenvalue weighted by molar-refractivity contribution is -0.161. The molecule has 0 aliphatic heterocycles. The summed E-state index contributed by atoms with van der Waals surface area (Å²) >= 11 is 0. The summed E-state index contributed by atoms with van der Waals surface area (Å²) in [5, 5.41) is 25.8. The van der Waals surface area contributed by atoms with E-state index in [-0.39, 0.29) is 0 Å². The number of likely N-dealkylation sites (N-methyl/N-ethyl adjacent to an activating group) is 1. The molecule has 148 valence electrons. The summed E-state index contributed by atoms with van der Waals surface area (Å²) in [7, 11) is 2.69. The third-order valence-electron chi connectivity index (χ3n) is 3.52. The van der Waals surface area contributed by atoms with E-state index in [0.717, 1.165) is 4.90 Å². The Morgan fingerprint density at radius 2 is 1.07 bits per heavy atom. The largest absolute Gasteiger partial charge is 0.479 e. The molecule has 0 aliphatic rings. The van der Waals surface area contributed by atoms with E-state index in [2.05, 4.69) is 0 Å². The number of amides is 1. The third kappa shape index (κ3) is 6.42.